The van der Waals surface area contributed by atoms with Gasteiger partial charge in [0, 0.05) is 10.8 Å². The highest BCUT2D eigenvalue weighted by molar-refractivity contribution is 6.21. The predicted molar refractivity (Wildman–Crippen MR) is 190 cm³/mol. The third kappa shape index (κ3) is 4.17. The van der Waals surface area contributed by atoms with Crippen LogP contribution in [0.2, 0.25) is 0 Å². The van der Waals surface area contributed by atoms with E-state index < -0.39 is 0 Å². The second-order valence-electron chi connectivity index (χ2n) is 11.3. The molecule has 0 aliphatic carbocycles. The van der Waals surface area contributed by atoms with Gasteiger partial charge in [-0.05, 0) is 84.3 Å². The third-order valence-corrected chi connectivity index (χ3v) is 8.74. The Kier molecular flexibility index (Phi) is 5.00. The fraction of sp³-hybridized carbons (Fsp3) is 0. The van der Waals surface area contributed by atoms with Gasteiger partial charge in [0.1, 0.15) is 11.2 Å². The Bertz CT molecular complexity index is 2660. The van der Waals surface area contributed by atoms with Gasteiger partial charge in [-0.1, -0.05) is 152 Å². The van der Waals surface area contributed by atoms with E-state index in [-0.39, 0.29) is 29.7 Å². The van der Waals surface area contributed by atoms with Crippen molar-refractivity contribution in [1.82, 2.24) is 0 Å². The second-order valence-corrected chi connectivity index (χ2v) is 11.3. The molecule has 0 spiro atoms. The average molecular weight is 577 g/mol. The molecule has 1 heteroatoms. The van der Waals surface area contributed by atoms with E-state index in [9.17, 15) is 5.48 Å². The van der Waals surface area contributed by atoms with Gasteiger partial charge in [0.15, 0.2) is 0 Å². The van der Waals surface area contributed by atoms with Gasteiger partial charge in [0.2, 0.25) is 0 Å². The molecule has 0 atom stereocenters. The summed E-state index contributed by atoms with van der Waals surface area (Å²) >= 11 is 0. The van der Waals surface area contributed by atoms with Crippen molar-refractivity contribution in [3.05, 3.63) is 170 Å². The number of hydrogen-bond donors (Lipinski definition) is 0. The number of rotatable bonds is 4. The molecule has 0 unspecified atom stereocenters. The normalized spacial score (nSPS) is 12.8. The Hall–Kier alpha value is -5.92. The lowest BCUT2D eigenvalue weighted by molar-refractivity contribution is 0.669. The molecule has 0 radical (unpaired) electrons. The summed E-state index contributed by atoms with van der Waals surface area (Å²) in [7, 11) is 0. The van der Waals surface area contributed by atoms with E-state index in [4.69, 9.17) is 4.42 Å². The van der Waals surface area contributed by atoms with Crippen LogP contribution in [0.15, 0.2) is 174 Å². The standard InChI is InChI=1S/C44H28O/c1-3-12-29(13-4-1)33-26-27-39-41(28-33)45-40-21-11-20-34(44(39)40)30-22-24-32(25-23-30)43-37-18-9-7-16-35(37)42(31-14-5-2-6-15-31)36-17-8-10-19-38(36)43/h1-28H/i22D,23D,24D,25D. The molecule has 1 aromatic heterocycles. The Balaban J connectivity index is 1.31. The van der Waals surface area contributed by atoms with Crippen LogP contribution in [0, 0.1) is 0 Å². The summed E-state index contributed by atoms with van der Waals surface area (Å²) in [5, 5.41) is 5.38. The van der Waals surface area contributed by atoms with Gasteiger partial charge in [0.05, 0.1) is 5.48 Å². The second kappa shape index (κ2) is 10.4. The zero-order chi connectivity index (χ0) is 33.2. The van der Waals surface area contributed by atoms with E-state index >= 15 is 0 Å². The molecular weight excluding hydrogens is 544 g/mol. The molecular formula is C44H28O. The van der Waals surface area contributed by atoms with Gasteiger partial charge in [0.25, 0.3) is 0 Å². The van der Waals surface area contributed by atoms with E-state index in [1.165, 1.54) is 0 Å². The molecule has 0 amide bonds. The van der Waals surface area contributed by atoms with Crippen LogP contribution in [0.4, 0.5) is 0 Å². The van der Waals surface area contributed by atoms with Crippen LogP contribution in [0.25, 0.3) is 88.0 Å². The summed E-state index contributed by atoms with van der Waals surface area (Å²) in [6.07, 6.45) is 0. The van der Waals surface area contributed by atoms with Crippen molar-refractivity contribution in [3.8, 4) is 44.5 Å². The Morgan fingerprint density at radius 1 is 0.356 bits per heavy atom. The third-order valence-electron chi connectivity index (χ3n) is 8.74. The maximum absolute atomic E-state index is 9.47. The molecule has 1 heterocycles. The minimum atomic E-state index is -0.0842. The topological polar surface area (TPSA) is 13.1 Å². The van der Waals surface area contributed by atoms with Crippen LogP contribution in [0.5, 0.6) is 0 Å². The molecule has 0 aliphatic heterocycles. The highest BCUT2D eigenvalue weighted by Crippen LogP contribution is 2.44. The number of benzene rings is 8. The highest BCUT2D eigenvalue weighted by atomic mass is 16.3. The van der Waals surface area contributed by atoms with Crippen molar-refractivity contribution in [2.24, 2.45) is 0 Å². The van der Waals surface area contributed by atoms with Crippen LogP contribution >= 0.6 is 0 Å². The first-order chi connectivity index (χ1) is 24.0. The van der Waals surface area contributed by atoms with Crippen molar-refractivity contribution >= 4 is 43.5 Å². The zero-order valence-electron chi connectivity index (χ0n) is 28.3. The van der Waals surface area contributed by atoms with E-state index in [2.05, 4.69) is 42.5 Å². The van der Waals surface area contributed by atoms with E-state index in [1.54, 1.807) is 0 Å². The summed E-state index contributed by atoms with van der Waals surface area (Å²) in [5.41, 5.74) is 7.47. The quantitative estimate of drug-likeness (QED) is 0.190. The maximum atomic E-state index is 9.47. The van der Waals surface area contributed by atoms with Crippen LogP contribution in [-0.4, -0.2) is 0 Å². The van der Waals surface area contributed by atoms with Gasteiger partial charge >= 0.3 is 0 Å². The monoisotopic (exact) mass is 576 g/mol. The first-order valence-electron chi connectivity index (χ1n) is 17.1. The van der Waals surface area contributed by atoms with Gasteiger partial charge in [-0.2, -0.15) is 0 Å². The molecule has 8 aromatic carbocycles. The molecule has 0 saturated carbocycles. The van der Waals surface area contributed by atoms with Crippen LogP contribution in [0.1, 0.15) is 5.48 Å². The summed E-state index contributed by atoms with van der Waals surface area (Å²) < 4.78 is 44.1. The van der Waals surface area contributed by atoms with Gasteiger partial charge in [-0.15, -0.1) is 0 Å². The smallest absolute Gasteiger partial charge is 0.136 e. The van der Waals surface area contributed by atoms with Gasteiger partial charge in [-0.25, -0.2) is 0 Å². The molecule has 0 fully saturated rings. The predicted octanol–water partition coefficient (Wildman–Crippen LogP) is 12.6. The van der Waals surface area contributed by atoms with E-state index in [1.807, 2.05) is 103 Å². The molecule has 9 rings (SSSR count). The van der Waals surface area contributed by atoms with Crippen molar-refractivity contribution in [2.45, 2.75) is 0 Å². The SMILES string of the molecule is [2H]c1c([2H])c(-c2cccc3oc4cc(-c5ccccc5)ccc4c23)c([2H])c([2H])c1-c1c2ccccc2c(-c2ccccc2)c2ccccc12. The lowest BCUT2D eigenvalue weighted by atomic mass is 9.85. The number of hydrogen-bond acceptors (Lipinski definition) is 1. The average Bonchev–Trinajstić information content (AvgIpc) is 3.53. The summed E-state index contributed by atoms with van der Waals surface area (Å²) in [5.74, 6) is 0. The summed E-state index contributed by atoms with van der Waals surface area (Å²) in [6.45, 7) is 0. The number of fused-ring (bicyclic) bond motifs is 5. The molecule has 210 valence electrons. The first-order valence-corrected chi connectivity index (χ1v) is 15.1. The zero-order valence-corrected chi connectivity index (χ0v) is 24.3. The molecule has 0 N–H and O–H groups in total. The lowest BCUT2D eigenvalue weighted by Gasteiger charge is -2.18. The molecule has 0 aliphatic rings. The Morgan fingerprint density at radius 3 is 1.51 bits per heavy atom. The summed E-state index contributed by atoms with van der Waals surface area (Å²) in [6, 6.07) is 47.9. The van der Waals surface area contributed by atoms with Crippen LogP contribution in [-0.2, 0) is 0 Å². The molecule has 9 aromatic rings. The molecule has 0 bridgehead atoms. The van der Waals surface area contributed by atoms with E-state index in [0.717, 1.165) is 54.6 Å². The maximum Gasteiger partial charge on any atom is 0.136 e. The van der Waals surface area contributed by atoms with E-state index in [0.29, 0.717) is 27.9 Å². The van der Waals surface area contributed by atoms with Gasteiger partial charge < -0.3 is 4.42 Å². The van der Waals surface area contributed by atoms with Crippen LogP contribution < -0.4 is 0 Å². The minimum absolute atomic E-state index is 0.0741. The first kappa shape index (κ1) is 21.7. The molecule has 1 nitrogen and oxygen atoms in total. The number of furan rings is 1. The van der Waals surface area contributed by atoms with Crippen LogP contribution in [0.3, 0.4) is 0 Å². The fourth-order valence-electron chi connectivity index (χ4n) is 6.73. The molecule has 0 saturated heterocycles. The molecule has 45 heavy (non-hydrogen) atoms. The van der Waals surface area contributed by atoms with Crippen molar-refractivity contribution in [3.63, 3.8) is 0 Å². The lowest BCUT2D eigenvalue weighted by Crippen LogP contribution is -1.90. The Morgan fingerprint density at radius 2 is 0.889 bits per heavy atom. The Labute approximate surface area is 267 Å². The highest BCUT2D eigenvalue weighted by Gasteiger charge is 2.17. The largest absolute Gasteiger partial charge is 0.456 e. The summed E-state index contributed by atoms with van der Waals surface area (Å²) in [4.78, 5) is 0. The van der Waals surface area contributed by atoms with Crippen molar-refractivity contribution < 1.29 is 9.90 Å². The van der Waals surface area contributed by atoms with Crippen molar-refractivity contribution in [2.75, 3.05) is 0 Å². The fourth-order valence-corrected chi connectivity index (χ4v) is 6.73. The van der Waals surface area contributed by atoms with Crippen molar-refractivity contribution in [1.29, 1.82) is 0 Å². The van der Waals surface area contributed by atoms with Gasteiger partial charge in [-0.3, -0.25) is 0 Å². The minimum Gasteiger partial charge on any atom is -0.456 e.